The number of ether oxygens (including phenoxy) is 1. The number of fused-ring (bicyclic) bond motifs is 11. The number of para-hydroxylation sites is 1. The first-order valence-corrected chi connectivity index (χ1v) is 19.1. The third-order valence-corrected chi connectivity index (χ3v) is 11.7. The van der Waals surface area contributed by atoms with Gasteiger partial charge >= 0.3 is 21.1 Å². The molecule has 5 aromatic heterocycles. The van der Waals surface area contributed by atoms with E-state index in [1.807, 2.05) is 36.7 Å². The summed E-state index contributed by atoms with van der Waals surface area (Å²) in [5, 5.41) is 4.03. The van der Waals surface area contributed by atoms with E-state index >= 15 is 0 Å². The molecule has 1 aliphatic rings. The van der Waals surface area contributed by atoms with Gasteiger partial charge in [-0.1, -0.05) is 132 Å². The number of hydrogen-bond donors (Lipinski definition) is 0. The van der Waals surface area contributed by atoms with E-state index in [2.05, 4.69) is 162 Å². The molecule has 1 aliphatic heterocycles. The monoisotopic (exact) mass is 924 g/mol. The number of imidazole rings is 1. The minimum atomic E-state index is -0.638. The molecular weight excluding hydrogens is 894 g/mol. The zero-order valence-corrected chi connectivity index (χ0v) is 33.4. The molecule has 7 heteroatoms. The predicted octanol–water partition coefficient (Wildman–Crippen LogP) is 11.6. The topological polar surface area (TPSA) is 57.2 Å². The SMILES string of the molecule is Cc1ccccc1-c1cn2c3cccnc3c3ccc(Oc4[c-]c5c(cc4)C(c4ccccc4)(c4ccccc4)c4cccc6c7cccnc7n-5c46)[c-]c3c2n1.[Pt+2]. The molecular formula is C51H31N5OPt. The third kappa shape index (κ3) is 4.79. The summed E-state index contributed by atoms with van der Waals surface area (Å²) in [6, 6.07) is 60.5. The summed E-state index contributed by atoms with van der Waals surface area (Å²) in [7, 11) is 0. The van der Waals surface area contributed by atoms with Crippen molar-refractivity contribution in [3.63, 3.8) is 0 Å². The maximum atomic E-state index is 6.77. The first kappa shape index (κ1) is 34.4. The van der Waals surface area contributed by atoms with E-state index in [1.165, 1.54) is 16.7 Å². The Morgan fingerprint density at radius 2 is 1.29 bits per heavy atom. The van der Waals surface area contributed by atoms with Crippen LogP contribution in [0.2, 0.25) is 0 Å². The molecule has 0 unspecified atom stereocenters. The Morgan fingerprint density at radius 3 is 2.10 bits per heavy atom. The van der Waals surface area contributed by atoms with Crippen LogP contribution in [0.15, 0.2) is 170 Å². The van der Waals surface area contributed by atoms with Gasteiger partial charge in [0.25, 0.3) is 0 Å². The Hall–Kier alpha value is -6.88. The summed E-state index contributed by atoms with van der Waals surface area (Å²) in [5.41, 5.74) is 12.7. The van der Waals surface area contributed by atoms with Crippen molar-refractivity contribution in [2.45, 2.75) is 12.3 Å². The summed E-state index contributed by atoms with van der Waals surface area (Å²) >= 11 is 0. The quantitative estimate of drug-likeness (QED) is 0.127. The molecule has 0 aliphatic carbocycles. The summed E-state index contributed by atoms with van der Waals surface area (Å²) < 4.78 is 11.2. The van der Waals surface area contributed by atoms with Gasteiger partial charge in [-0.15, -0.1) is 23.8 Å². The molecule has 0 N–H and O–H groups in total. The molecule has 6 nitrogen and oxygen atoms in total. The molecule has 0 amide bonds. The van der Waals surface area contributed by atoms with Crippen LogP contribution in [0, 0.1) is 19.1 Å². The molecule has 0 bridgehead atoms. The second kappa shape index (κ2) is 13.1. The summed E-state index contributed by atoms with van der Waals surface area (Å²) in [6.07, 6.45) is 5.79. The van der Waals surface area contributed by atoms with Crippen LogP contribution in [-0.2, 0) is 26.5 Å². The number of aromatic nitrogens is 5. The molecule has 0 saturated heterocycles. The van der Waals surface area contributed by atoms with Crippen molar-refractivity contribution >= 4 is 49.4 Å². The number of rotatable bonds is 5. The predicted molar refractivity (Wildman–Crippen MR) is 226 cm³/mol. The minimum absolute atomic E-state index is 0. The van der Waals surface area contributed by atoms with E-state index in [1.54, 1.807) is 0 Å². The first-order chi connectivity index (χ1) is 28.2. The Morgan fingerprint density at radius 1 is 0.586 bits per heavy atom. The van der Waals surface area contributed by atoms with Gasteiger partial charge in [0.05, 0.1) is 27.9 Å². The van der Waals surface area contributed by atoms with Gasteiger partial charge in [0, 0.05) is 51.8 Å². The molecule has 0 fully saturated rings. The van der Waals surface area contributed by atoms with Crippen LogP contribution in [-0.4, -0.2) is 23.9 Å². The number of pyridine rings is 3. The molecule has 58 heavy (non-hydrogen) atoms. The Balaban J connectivity index is 0.00000385. The second-order valence-corrected chi connectivity index (χ2v) is 14.7. The van der Waals surface area contributed by atoms with E-state index in [-0.39, 0.29) is 21.1 Å². The van der Waals surface area contributed by atoms with Crippen LogP contribution < -0.4 is 4.74 Å². The fourth-order valence-corrected chi connectivity index (χ4v) is 9.28. The molecule has 0 radical (unpaired) electrons. The molecule has 0 spiro atoms. The molecule has 12 rings (SSSR count). The van der Waals surface area contributed by atoms with E-state index in [4.69, 9.17) is 19.7 Å². The van der Waals surface area contributed by atoms with E-state index < -0.39 is 5.41 Å². The van der Waals surface area contributed by atoms with Crippen molar-refractivity contribution in [2.24, 2.45) is 0 Å². The molecule has 0 atom stereocenters. The van der Waals surface area contributed by atoms with Gasteiger partial charge in [0.2, 0.25) is 0 Å². The van der Waals surface area contributed by atoms with Gasteiger partial charge in [-0.3, -0.25) is 9.97 Å². The Bertz CT molecular complexity index is 3370. The van der Waals surface area contributed by atoms with E-state index in [0.29, 0.717) is 11.5 Å². The number of nitrogens with zero attached hydrogens (tertiary/aromatic N) is 5. The van der Waals surface area contributed by atoms with Crippen molar-refractivity contribution in [3.05, 3.63) is 210 Å². The molecule has 6 aromatic carbocycles. The smallest absolute Gasteiger partial charge is 0.503 e. The van der Waals surface area contributed by atoms with Gasteiger partial charge in [-0.25, -0.2) is 4.98 Å². The summed E-state index contributed by atoms with van der Waals surface area (Å²) in [6.45, 7) is 2.12. The van der Waals surface area contributed by atoms with Crippen molar-refractivity contribution in [3.8, 4) is 28.4 Å². The zero-order chi connectivity index (χ0) is 37.7. The van der Waals surface area contributed by atoms with Crippen LogP contribution in [0.1, 0.15) is 27.8 Å². The Kier molecular flexibility index (Phi) is 7.76. The van der Waals surface area contributed by atoms with Gasteiger partial charge < -0.3 is 13.7 Å². The first-order valence-electron chi connectivity index (χ1n) is 19.1. The fraction of sp³-hybridized carbons (Fsp3) is 0.0392. The molecule has 6 heterocycles. The van der Waals surface area contributed by atoms with Crippen LogP contribution in [0.4, 0.5) is 0 Å². The average molecular weight is 925 g/mol. The zero-order valence-electron chi connectivity index (χ0n) is 31.1. The molecule has 276 valence electrons. The van der Waals surface area contributed by atoms with Crippen molar-refractivity contribution in [1.82, 2.24) is 23.9 Å². The standard InChI is InChI=1S/C51H31N5O.Pt/c1-32-13-8-9-18-37(32)44-31-55-45-22-12-27-52-47(45)38-25-23-35(29-41(38)50(55)54-44)57-36-24-26-42-46(30-36)56-48-39(40-20-11-28-53-49(40)56)19-10-21-43(48)51(42,33-14-4-2-5-15-33)34-16-6-3-7-17-34;/h2-28,31H,1H3;/q-2;+2. The van der Waals surface area contributed by atoms with Gasteiger partial charge in [0.15, 0.2) is 0 Å². The maximum Gasteiger partial charge on any atom is 2.00 e. The van der Waals surface area contributed by atoms with Crippen molar-refractivity contribution in [2.75, 3.05) is 0 Å². The minimum Gasteiger partial charge on any atom is -0.503 e. The summed E-state index contributed by atoms with van der Waals surface area (Å²) in [5.74, 6) is 1.13. The number of benzene rings is 6. The fourth-order valence-electron chi connectivity index (χ4n) is 9.28. The molecule has 11 aromatic rings. The maximum absolute atomic E-state index is 6.77. The summed E-state index contributed by atoms with van der Waals surface area (Å²) in [4.78, 5) is 15.0. The van der Waals surface area contributed by atoms with Gasteiger partial charge in [0.1, 0.15) is 5.65 Å². The number of aryl methyl sites for hydroxylation is 1. The van der Waals surface area contributed by atoms with Crippen LogP contribution in [0.5, 0.6) is 11.5 Å². The second-order valence-electron chi connectivity index (χ2n) is 14.7. The number of hydrogen-bond acceptors (Lipinski definition) is 4. The average Bonchev–Trinajstić information content (AvgIpc) is 3.87. The van der Waals surface area contributed by atoms with Crippen LogP contribution in [0.3, 0.4) is 0 Å². The third-order valence-electron chi connectivity index (χ3n) is 11.7. The van der Waals surface area contributed by atoms with Crippen LogP contribution >= 0.6 is 0 Å². The van der Waals surface area contributed by atoms with Crippen LogP contribution in [0.25, 0.3) is 66.3 Å². The van der Waals surface area contributed by atoms with Crippen molar-refractivity contribution in [1.29, 1.82) is 0 Å². The Labute approximate surface area is 348 Å². The largest absolute Gasteiger partial charge is 2.00 e. The van der Waals surface area contributed by atoms with E-state index in [9.17, 15) is 0 Å². The molecule has 0 saturated carbocycles. The van der Waals surface area contributed by atoms with E-state index in [0.717, 1.165) is 77.5 Å². The normalized spacial score (nSPS) is 12.9. The van der Waals surface area contributed by atoms with Crippen molar-refractivity contribution < 1.29 is 25.8 Å². The van der Waals surface area contributed by atoms with Gasteiger partial charge in [-0.2, -0.15) is 6.07 Å². The van der Waals surface area contributed by atoms with Gasteiger partial charge in [-0.05, 0) is 53.4 Å².